The van der Waals surface area contributed by atoms with Gasteiger partial charge in [-0.25, -0.2) is 0 Å². The van der Waals surface area contributed by atoms with Gasteiger partial charge < -0.3 is 0 Å². The fraction of sp³-hybridized carbons (Fsp3) is 0.150. The van der Waals surface area contributed by atoms with Gasteiger partial charge in [-0.05, 0) is 36.1 Å². The van der Waals surface area contributed by atoms with Crippen molar-refractivity contribution in [2.75, 3.05) is 0 Å². The smallest absolute Gasteiger partial charge is 0.266 e. The number of rotatable bonds is 3. The topological polar surface area (TPSA) is 47.3 Å². The Morgan fingerprint density at radius 1 is 1.12 bits per heavy atom. The van der Waals surface area contributed by atoms with Gasteiger partial charge in [0.1, 0.15) is 0 Å². The Kier molecular flexibility index (Phi) is 3.93. The molecule has 0 fully saturated rings. The van der Waals surface area contributed by atoms with Crippen molar-refractivity contribution in [2.45, 2.75) is 20.3 Å². The van der Waals surface area contributed by atoms with E-state index in [4.69, 9.17) is 0 Å². The zero-order chi connectivity index (χ0) is 17.4. The van der Waals surface area contributed by atoms with E-state index in [0.717, 1.165) is 23.1 Å². The minimum atomic E-state index is -0.119. The molecular formula is C20H17N3OS. The van der Waals surface area contributed by atoms with Gasteiger partial charge in [-0.15, -0.1) is 5.10 Å². The van der Waals surface area contributed by atoms with Crippen molar-refractivity contribution in [2.24, 2.45) is 0 Å². The molecule has 0 amide bonds. The molecule has 0 atom stereocenters. The van der Waals surface area contributed by atoms with Crippen LogP contribution in [0.5, 0.6) is 0 Å². The molecule has 2 aromatic carbocycles. The van der Waals surface area contributed by atoms with Crippen molar-refractivity contribution >= 4 is 22.4 Å². The maximum atomic E-state index is 12.6. The predicted molar refractivity (Wildman–Crippen MR) is 102 cm³/mol. The zero-order valence-corrected chi connectivity index (χ0v) is 14.9. The molecule has 0 radical (unpaired) electrons. The van der Waals surface area contributed by atoms with Gasteiger partial charge in [0.05, 0.1) is 4.53 Å². The Bertz CT molecular complexity index is 1160. The molecule has 2 heterocycles. The third-order valence-corrected chi connectivity index (χ3v) is 5.21. The lowest BCUT2D eigenvalue weighted by Gasteiger charge is -1.98. The maximum Gasteiger partial charge on any atom is 0.291 e. The van der Waals surface area contributed by atoms with Gasteiger partial charge in [-0.1, -0.05) is 66.8 Å². The summed E-state index contributed by atoms with van der Waals surface area (Å²) in [6.07, 6.45) is 2.90. The van der Waals surface area contributed by atoms with Crippen LogP contribution in [0.15, 0.2) is 53.3 Å². The highest BCUT2D eigenvalue weighted by atomic mass is 32.1. The Morgan fingerprint density at radius 3 is 2.56 bits per heavy atom. The molecule has 0 aliphatic rings. The molecule has 0 spiro atoms. The van der Waals surface area contributed by atoms with Crippen LogP contribution < -0.4 is 10.1 Å². The van der Waals surface area contributed by atoms with Gasteiger partial charge in [-0.2, -0.15) is 9.50 Å². The number of hydrogen-bond donors (Lipinski definition) is 0. The molecule has 0 N–H and O–H groups in total. The lowest BCUT2D eigenvalue weighted by molar-refractivity contribution is 0.936. The first-order valence-corrected chi connectivity index (χ1v) is 9.03. The van der Waals surface area contributed by atoms with Crippen molar-refractivity contribution in [3.63, 3.8) is 0 Å². The SMILES string of the molecule is CCc1ccc(C=c2sc3nc(-c4ccccc4C)nn3c2=O)cc1. The van der Waals surface area contributed by atoms with Crippen LogP contribution in [-0.4, -0.2) is 14.6 Å². The summed E-state index contributed by atoms with van der Waals surface area (Å²) in [5, 5.41) is 4.42. The monoisotopic (exact) mass is 347 g/mol. The average molecular weight is 347 g/mol. The second-order valence-corrected chi connectivity index (χ2v) is 6.96. The summed E-state index contributed by atoms with van der Waals surface area (Å²) in [7, 11) is 0. The molecule has 0 aliphatic heterocycles. The zero-order valence-electron chi connectivity index (χ0n) is 14.1. The lowest BCUT2D eigenvalue weighted by atomic mass is 10.1. The highest BCUT2D eigenvalue weighted by Crippen LogP contribution is 2.20. The molecule has 5 heteroatoms. The Morgan fingerprint density at radius 2 is 1.88 bits per heavy atom. The summed E-state index contributed by atoms with van der Waals surface area (Å²) in [5.74, 6) is 0.597. The van der Waals surface area contributed by atoms with Crippen LogP contribution >= 0.6 is 11.3 Å². The molecule has 0 unspecified atom stereocenters. The summed E-state index contributed by atoms with van der Waals surface area (Å²) in [4.78, 5) is 17.8. The summed E-state index contributed by atoms with van der Waals surface area (Å²) in [6.45, 7) is 4.14. The Hall–Kier alpha value is -2.79. The van der Waals surface area contributed by atoms with Gasteiger partial charge in [0.2, 0.25) is 4.96 Å². The molecule has 25 heavy (non-hydrogen) atoms. The van der Waals surface area contributed by atoms with Crippen molar-refractivity contribution in [1.82, 2.24) is 14.6 Å². The van der Waals surface area contributed by atoms with E-state index in [-0.39, 0.29) is 5.56 Å². The first-order valence-electron chi connectivity index (χ1n) is 8.22. The normalized spacial score (nSPS) is 12.2. The molecule has 4 rings (SSSR count). The predicted octanol–water partition coefficient (Wildman–Crippen LogP) is 3.24. The number of benzene rings is 2. The second-order valence-electron chi connectivity index (χ2n) is 5.96. The van der Waals surface area contributed by atoms with E-state index in [1.165, 1.54) is 21.4 Å². The van der Waals surface area contributed by atoms with Crippen LogP contribution in [0.25, 0.3) is 22.4 Å². The third-order valence-electron chi connectivity index (χ3n) is 4.25. The van der Waals surface area contributed by atoms with E-state index < -0.39 is 0 Å². The quantitative estimate of drug-likeness (QED) is 0.572. The fourth-order valence-electron chi connectivity index (χ4n) is 2.77. The van der Waals surface area contributed by atoms with Crippen LogP contribution in [0.2, 0.25) is 0 Å². The largest absolute Gasteiger partial charge is 0.291 e. The van der Waals surface area contributed by atoms with E-state index in [1.54, 1.807) is 0 Å². The number of thiazole rings is 1. The van der Waals surface area contributed by atoms with Crippen molar-refractivity contribution in [1.29, 1.82) is 0 Å². The number of hydrogen-bond acceptors (Lipinski definition) is 4. The lowest BCUT2D eigenvalue weighted by Crippen LogP contribution is -2.23. The molecule has 2 aromatic heterocycles. The molecule has 4 nitrogen and oxygen atoms in total. The van der Waals surface area contributed by atoms with E-state index in [1.807, 2.05) is 49.4 Å². The van der Waals surface area contributed by atoms with Gasteiger partial charge in [0.25, 0.3) is 5.56 Å². The second kappa shape index (κ2) is 6.26. The minimum absolute atomic E-state index is 0.119. The van der Waals surface area contributed by atoms with E-state index in [0.29, 0.717) is 15.3 Å². The van der Waals surface area contributed by atoms with Gasteiger partial charge in [0, 0.05) is 5.56 Å². The van der Waals surface area contributed by atoms with Crippen molar-refractivity contribution < 1.29 is 0 Å². The summed E-state index contributed by atoms with van der Waals surface area (Å²) < 4.78 is 2.05. The number of fused-ring (bicyclic) bond motifs is 1. The van der Waals surface area contributed by atoms with Crippen LogP contribution in [0.3, 0.4) is 0 Å². The number of aromatic nitrogens is 3. The summed E-state index contributed by atoms with van der Waals surface area (Å²) in [5.41, 5.74) is 4.23. The molecule has 0 bridgehead atoms. The highest BCUT2D eigenvalue weighted by molar-refractivity contribution is 7.15. The third kappa shape index (κ3) is 2.87. The van der Waals surface area contributed by atoms with E-state index in [2.05, 4.69) is 29.1 Å². The Labute approximate surface area is 149 Å². The maximum absolute atomic E-state index is 12.6. The van der Waals surface area contributed by atoms with E-state index in [9.17, 15) is 4.79 Å². The number of aryl methyl sites for hydroxylation is 2. The first kappa shape index (κ1) is 15.7. The number of nitrogens with zero attached hydrogens (tertiary/aromatic N) is 3. The molecule has 124 valence electrons. The Balaban J connectivity index is 1.79. The van der Waals surface area contributed by atoms with Gasteiger partial charge >= 0.3 is 0 Å². The van der Waals surface area contributed by atoms with Crippen LogP contribution in [0.4, 0.5) is 0 Å². The van der Waals surface area contributed by atoms with Gasteiger partial charge in [0.15, 0.2) is 5.82 Å². The van der Waals surface area contributed by atoms with Crippen molar-refractivity contribution in [3.05, 3.63) is 80.1 Å². The molecular weight excluding hydrogens is 330 g/mol. The molecule has 0 aliphatic carbocycles. The molecule has 0 saturated carbocycles. The van der Waals surface area contributed by atoms with Crippen LogP contribution in [-0.2, 0) is 6.42 Å². The van der Waals surface area contributed by atoms with Crippen LogP contribution in [0, 0.1) is 6.92 Å². The average Bonchev–Trinajstić information content (AvgIpc) is 3.16. The highest BCUT2D eigenvalue weighted by Gasteiger charge is 2.13. The summed E-state index contributed by atoms with van der Waals surface area (Å²) >= 11 is 1.37. The van der Waals surface area contributed by atoms with Crippen LogP contribution in [0.1, 0.15) is 23.6 Å². The summed E-state index contributed by atoms with van der Waals surface area (Å²) in [6, 6.07) is 16.2. The fourth-order valence-corrected chi connectivity index (χ4v) is 3.68. The van der Waals surface area contributed by atoms with E-state index >= 15 is 0 Å². The van der Waals surface area contributed by atoms with Crippen molar-refractivity contribution in [3.8, 4) is 11.4 Å². The minimum Gasteiger partial charge on any atom is -0.266 e. The molecule has 0 saturated heterocycles. The van der Waals surface area contributed by atoms with Gasteiger partial charge in [-0.3, -0.25) is 4.79 Å². The standard InChI is InChI=1S/C20H17N3OS/c1-3-14-8-10-15(11-9-14)12-17-19(24)23-20(25-17)21-18(22-23)16-7-5-4-6-13(16)2/h4-12H,3H2,1-2H3. The first-order chi connectivity index (χ1) is 12.2. The molecule has 4 aromatic rings.